The molecule has 3 nitrogen and oxygen atoms in total. The zero-order valence-electron chi connectivity index (χ0n) is 8.44. The molecular weight excluding hydrogens is 178 g/mol. The molecule has 0 spiro atoms. The summed E-state index contributed by atoms with van der Waals surface area (Å²) in [5.41, 5.74) is 6.66. The van der Waals surface area contributed by atoms with Crippen LogP contribution in [0.15, 0.2) is 24.3 Å². The largest absolute Gasteiger partial charge is 0.497 e. The number of hydrogen-bond acceptors (Lipinski definition) is 3. The average Bonchev–Trinajstić information content (AvgIpc) is 2.26. The van der Waals surface area contributed by atoms with Gasteiger partial charge in [-0.25, -0.2) is 0 Å². The van der Waals surface area contributed by atoms with Gasteiger partial charge in [0.15, 0.2) is 0 Å². The van der Waals surface area contributed by atoms with Gasteiger partial charge in [-0.05, 0) is 36.6 Å². The van der Waals surface area contributed by atoms with Crippen LogP contribution in [0.2, 0.25) is 0 Å². The predicted molar refractivity (Wildman–Crippen MR) is 56.3 cm³/mol. The number of nitrogens with two attached hydrogens (primary N) is 1. The lowest BCUT2D eigenvalue weighted by Gasteiger charge is -2.11. The molecule has 3 N–H and O–H groups in total. The van der Waals surface area contributed by atoms with Gasteiger partial charge in [-0.15, -0.1) is 0 Å². The van der Waals surface area contributed by atoms with Crippen molar-refractivity contribution in [2.45, 2.75) is 6.42 Å². The lowest BCUT2D eigenvalue weighted by molar-refractivity contribution is 0.229. The second-order valence-corrected chi connectivity index (χ2v) is 3.34. The SMILES string of the molecule is COc1cccc(C[C@H](CN)CO)c1. The van der Waals surface area contributed by atoms with Crippen LogP contribution in [0.4, 0.5) is 0 Å². The zero-order chi connectivity index (χ0) is 10.4. The minimum Gasteiger partial charge on any atom is -0.497 e. The fourth-order valence-electron chi connectivity index (χ4n) is 1.36. The standard InChI is InChI=1S/C11H17NO2/c1-14-11-4-2-3-9(6-11)5-10(7-12)8-13/h2-4,6,10,13H,5,7-8,12H2,1H3/t10-/m1/s1. The first kappa shape index (κ1) is 11.0. The molecule has 0 bridgehead atoms. The topological polar surface area (TPSA) is 55.5 Å². The first-order valence-electron chi connectivity index (χ1n) is 4.74. The maximum absolute atomic E-state index is 9.00. The van der Waals surface area contributed by atoms with Crippen LogP contribution in [-0.4, -0.2) is 25.4 Å². The Kier molecular flexibility index (Phi) is 4.43. The van der Waals surface area contributed by atoms with Crippen molar-refractivity contribution in [1.29, 1.82) is 0 Å². The molecule has 0 saturated carbocycles. The van der Waals surface area contributed by atoms with Crippen molar-refractivity contribution in [3.63, 3.8) is 0 Å². The first-order chi connectivity index (χ1) is 6.80. The van der Waals surface area contributed by atoms with Crippen molar-refractivity contribution in [1.82, 2.24) is 0 Å². The van der Waals surface area contributed by atoms with Gasteiger partial charge in [-0.1, -0.05) is 12.1 Å². The molecule has 14 heavy (non-hydrogen) atoms. The number of aliphatic hydroxyl groups excluding tert-OH is 1. The van der Waals surface area contributed by atoms with Crippen LogP contribution < -0.4 is 10.5 Å². The van der Waals surface area contributed by atoms with Crippen molar-refractivity contribution >= 4 is 0 Å². The molecule has 3 heteroatoms. The Morgan fingerprint density at radius 3 is 2.86 bits per heavy atom. The van der Waals surface area contributed by atoms with Crippen LogP contribution in [0.1, 0.15) is 5.56 Å². The third-order valence-corrected chi connectivity index (χ3v) is 2.25. The molecule has 0 saturated heterocycles. The lowest BCUT2D eigenvalue weighted by atomic mass is 10.0. The highest BCUT2D eigenvalue weighted by atomic mass is 16.5. The Bertz CT molecular complexity index is 272. The van der Waals surface area contributed by atoms with Crippen LogP contribution in [-0.2, 0) is 6.42 Å². The van der Waals surface area contributed by atoms with E-state index in [0.717, 1.165) is 17.7 Å². The van der Waals surface area contributed by atoms with Crippen molar-refractivity contribution in [3.8, 4) is 5.75 Å². The molecule has 1 aromatic rings. The van der Waals surface area contributed by atoms with E-state index < -0.39 is 0 Å². The van der Waals surface area contributed by atoms with Crippen LogP contribution in [0.5, 0.6) is 5.75 Å². The highest BCUT2D eigenvalue weighted by molar-refractivity contribution is 5.28. The fraction of sp³-hybridized carbons (Fsp3) is 0.455. The highest BCUT2D eigenvalue weighted by Crippen LogP contribution is 2.15. The predicted octanol–water partition coefficient (Wildman–Crippen LogP) is 0.805. The molecule has 0 aliphatic carbocycles. The molecule has 0 fully saturated rings. The maximum Gasteiger partial charge on any atom is 0.119 e. The minimum absolute atomic E-state index is 0.133. The monoisotopic (exact) mass is 195 g/mol. The number of benzene rings is 1. The molecule has 0 radical (unpaired) electrons. The summed E-state index contributed by atoms with van der Waals surface area (Å²) in [7, 11) is 1.64. The number of methoxy groups -OCH3 is 1. The van der Waals surface area contributed by atoms with E-state index in [1.165, 1.54) is 0 Å². The van der Waals surface area contributed by atoms with E-state index in [9.17, 15) is 0 Å². The van der Waals surface area contributed by atoms with Crippen LogP contribution in [0, 0.1) is 5.92 Å². The van der Waals surface area contributed by atoms with E-state index in [0.29, 0.717) is 6.54 Å². The summed E-state index contributed by atoms with van der Waals surface area (Å²) in [5.74, 6) is 0.985. The summed E-state index contributed by atoms with van der Waals surface area (Å²) in [5, 5.41) is 9.00. The Balaban J connectivity index is 2.65. The molecule has 0 aliphatic heterocycles. The fourth-order valence-corrected chi connectivity index (χ4v) is 1.36. The number of aliphatic hydroxyl groups is 1. The molecular formula is C11H17NO2. The summed E-state index contributed by atoms with van der Waals surface area (Å²) in [6, 6.07) is 7.83. The summed E-state index contributed by atoms with van der Waals surface area (Å²) < 4.78 is 5.11. The quantitative estimate of drug-likeness (QED) is 0.731. The van der Waals surface area contributed by atoms with E-state index in [1.54, 1.807) is 7.11 Å². The van der Waals surface area contributed by atoms with Gasteiger partial charge in [0.2, 0.25) is 0 Å². The van der Waals surface area contributed by atoms with Crippen molar-refractivity contribution < 1.29 is 9.84 Å². The lowest BCUT2D eigenvalue weighted by Crippen LogP contribution is -2.20. The molecule has 1 rings (SSSR count). The smallest absolute Gasteiger partial charge is 0.119 e. The molecule has 0 amide bonds. The van der Waals surface area contributed by atoms with Crippen molar-refractivity contribution in [3.05, 3.63) is 29.8 Å². The molecule has 1 aromatic carbocycles. The van der Waals surface area contributed by atoms with Gasteiger partial charge in [0, 0.05) is 6.61 Å². The third-order valence-electron chi connectivity index (χ3n) is 2.25. The van der Waals surface area contributed by atoms with E-state index in [4.69, 9.17) is 15.6 Å². The highest BCUT2D eigenvalue weighted by Gasteiger charge is 2.06. The van der Waals surface area contributed by atoms with Gasteiger partial charge in [0.05, 0.1) is 7.11 Å². The molecule has 0 heterocycles. The Morgan fingerprint density at radius 1 is 1.50 bits per heavy atom. The third kappa shape index (κ3) is 3.01. The molecule has 0 aliphatic rings. The average molecular weight is 195 g/mol. The van der Waals surface area contributed by atoms with Crippen molar-refractivity contribution in [2.24, 2.45) is 11.7 Å². The summed E-state index contributed by atoms with van der Waals surface area (Å²) in [4.78, 5) is 0. The van der Waals surface area contributed by atoms with E-state index >= 15 is 0 Å². The van der Waals surface area contributed by atoms with E-state index in [1.807, 2.05) is 24.3 Å². The molecule has 1 atom stereocenters. The Morgan fingerprint density at radius 2 is 2.29 bits per heavy atom. The summed E-state index contributed by atoms with van der Waals surface area (Å²) >= 11 is 0. The second kappa shape index (κ2) is 5.62. The van der Waals surface area contributed by atoms with Gasteiger partial charge < -0.3 is 15.6 Å². The molecule has 78 valence electrons. The molecule has 0 unspecified atom stereocenters. The second-order valence-electron chi connectivity index (χ2n) is 3.34. The zero-order valence-corrected chi connectivity index (χ0v) is 8.44. The van der Waals surface area contributed by atoms with Gasteiger partial charge in [-0.2, -0.15) is 0 Å². The number of ether oxygens (including phenoxy) is 1. The van der Waals surface area contributed by atoms with Crippen LogP contribution >= 0.6 is 0 Å². The first-order valence-corrected chi connectivity index (χ1v) is 4.74. The minimum atomic E-state index is 0.133. The summed E-state index contributed by atoms with van der Waals surface area (Å²) in [6.45, 7) is 0.640. The van der Waals surface area contributed by atoms with Gasteiger partial charge >= 0.3 is 0 Å². The number of rotatable bonds is 5. The number of hydrogen-bond donors (Lipinski definition) is 2. The van der Waals surface area contributed by atoms with Gasteiger partial charge in [-0.3, -0.25) is 0 Å². The maximum atomic E-state index is 9.00. The Hall–Kier alpha value is -1.06. The van der Waals surface area contributed by atoms with E-state index in [-0.39, 0.29) is 12.5 Å². The molecule has 0 aromatic heterocycles. The summed E-state index contributed by atoms with van der Waals surface area (Å²) in [6.07, 6.45) is 0.796. The van der Waals surface area contributed by atoms with Crippen LogP contribution in [0.25, 0.3) is 0 Å². The van der Waals surface area contributed by atoms with Crippen molar-refractivity contribution in [2.75, 3.05) is 20.3 Å². The van der Waals surface area contributed by atoms with E-state index in [2.05, 4.69) is 0 Å². The van der Waals surface area contributed by atoms with Gasteiger partial charge in [0.25, 0.3) is 0 Å². The normalized spacial score (nSPS) is 12.5. The van der Waals surface area contributed by atoms with Crippen LogP contribution in [0.3, 0.4) is 0 Å². The Labute approximate surface area is 84.5 Å². The van der Waals surface area contributed by atoms with Gasteiger partial charge in [0.1, 0.15) is 5.75 Å².